The van der Waals surface area contributed by atoms with E-state index >= 15 is 0 Å². The van der Waals surface area contributed by atoms with E-state index in [0.717, 1.165) is 5.01 Å². The number of aromatic nitrogens is 2. The van der Waals surface area contributed by atoms with Crippen molar-refractivity contribution in [3.05, 3.63) is 5.01 Å². The molecule has 10 heteroatoms. The lowest BCUT2D eigenvalue weighted by atomic mass is 9.91. The van der Waals surface area contributed by atoms with Crippen molar-refractivity contribution in [2.24, 2.45) is 11.8 Å². The molecular formula is C15H22N4O5S. The fraction of sp³-hybridized carbons (Fsp3) is 0.667. The van der Waals surface area contributed by atoms with Gasteiger partial charge < -0.3 is 14.7 Å². The molecule has 1 aromatic heterocycles. The molecule has 0 aliphatic carbocycles. The number of rotatable bonds is 6. The Labute approximate surface area is 149 Å². The number of carbonyl (C=O) groups excluding carboxylic acids is 2. The molecule has 1 fully saturated rings. The number of amides is 2. The molecule has 25 heavy (non-hydrogen) atoms. The number of ether oxygens (including phenoxy) is 1. The van der Waals surface area contributed by atoms with Gasteiger partial charge in [0.1, 0.15) is 5.01 Å². The highest BCUT2D eigenvalue weighted by Crippen LogP contribution is 2.23. The Morgan fingerprint density at radius 1 is 1.36 bits per heavy atom. The number of piperidine rings is 1. The van der Waals surface area contributed by atoms with Crippen LogP contribution in [0.4, 0.5) is 9.93 Å². The van der Waals surface area contributed by atoms with Crippen LogP contribution in [-0.2, 0) is 20.7 Å². The van der Waals surface area contributed by atoms with Crippen molar-refractivity contribution in [3.63, 3.8) is 0 Å². The number of hydrogen-bond acceptors (Lipinski definition) is 7. The molecule has 2 rings (SSSR count). The maximum Gasteiger partial charge on any atom is 0.323 e. The highest BCUT2D eigenvalue weighted by atomic mass is 32.1. The zero-order chi connectivity index (χ0) is 18.4. The van der Waals surface area contributed by atoms with Gasteiger partial charge in [0.25, 0.3) is 0 Å². The smallest absolute Gasteiger partial charge is 0.323 e. The summed E-state index contributed by atoms with van der Waals surface area (Å²) in [6.07, 6.45) is 2.05. The van der Waals surface area contributed by atoms with Crippen LogP contribution in [0.2, 0.25) is 0 Å². The maximum atomic E-state index is 12.3. The Morgan fingerprint density at radius 2 is 2.12 bits per heavy atom. The Kier molecular flexibility index (Phi) is 6.68. The SMILES string of the molecule is COC(=O)CCCc1nnc(NC(=O)N2CC(C)CC(C(=O)O)C2)s1. The van der Waals surface area contributed by atoms with Gasteiger partial charge in [-0.05, 0) is 18.8 Å². The molecule has 0 spiro atoms. The minimum Gasteiger partial charge on any atom is -0.481 e. The van der Waals surface area contributed by atoms with Crippen molar-refractivity contribution in [2.45, 2.75) is 32.6 Å². The topological polar surface area (TPSA) is 122 Å². The number of carbonyl (C=O) groups is 3. The van der Waals surface area contributed by atoms with Crippen LogP contribution in [-0.4, -0.2) is 58.4 Å². The Hall–Kier alpha value is -2.23. The fourth-order valence-electron chi connectivity index (χ4n) is 2.76. The standard InChI is InChI=1S/C15H22N4O5S/c1-9-6-10(13(21)22)8-19(7-9)15(23)16-14-18-17-11(25-14)4-3-5-12(20)24-2/h9-10H,3-8H2,1-2H3,(H,21,22)(H,16,18,23). The molecule has 0 bridgehead atoms. The van der Waals surface area contributed by atoms with Crippen LogP contribution in [0.15, 0.2) is 0 Å². The number of methoxy groups -OCH3 is 1. The molecule has 2 heterocycles. The number of aryl methyl sites for hydroxylation is 1. The first-order valence-electron chi connectivity index (χ1n) is 8.07. The number of esters is 1. The third-order valence-corrected chi connectivity index (χ3v) is 4.87. The van der Waals surface area contributed by atoms with Gasteiger partial charge in [-0.2, -0.15) is 0 Å². The molecule has 0 saturated carbocycles. The average molecular weight is 370 g/mol. The van der Waals surface area contributed by atoms with Gasteiger partial charge in [0.05, 0.1) is 13.0 Å². The fourth-order valence-corrected chi connectivity index (χ4v) is 3.53. The normalized spacial score (nSPS) is 20.2. The highest BCUT2D eigenvalue weighted by molar-refractivity contribution is 7.15. The minimum atomic E-state index is -0.881. The van der Waals surface area contributed by atoms with Crippen molar-refractivity contribution in [1.29, 1.82) is 0 Å². The summed E-state index contributed by atoms with van der Waals surface area (Å²) in [4.78, 5) is 36.1. The van der Waals surface area contributed by atoms with E-state index in [1.165, 1.54) is 23.3 Å². The minimum absolute atomic E-state index is 0.129. The molecule has 0 aromatic carbocycles. The predicted molar refractivity (Wildman–Crippen MR) is 90.4 cm³/mol. The van der Waals surface area contributed by atoms with Gasteiger partial charge in [-0.25, -0.2) is 4.79 Å². The summed E-state index contributed by atoms with van der Waals surface area (Å²) in [5.74, 6) is -1.57. The molecule has 2 atom stereocenters. The largest absolute Gasteiger partial charge is 0.481 e. The summed E-state index contributed by atoms with van der Waals surface area (Å²) < 4.78 is 4.57. The van der Waals surface area contributed by atoms with E-state index in [-0.39, 0.29) is 24.5 Å². The Balaban J connectivity index is 1.86. The molecular weight excluding hydrogens is 348 g/mol. The maximum absolute atomic E-state index is 12.3. The molecule has 2 N–H and O–H groups in total. The quantitative estimate of drug-likeness (QED) is 0.729. The molecule has 0 radical (unpaired) electrons. The third kappa shape index (κ3) is 5.66. The summed E-state index contributed by atoms with van der Waals surface area (Å²) >= 11 is 1.24. The number of carboxylic acid groups (broad SMARTS) is 1. The van der Waals surface area contributed by atoms with E-state index in [2.05, 4.69) is 20.3 Å². The lowest BCUT2D eigenvalue weighted by molar-refractivity contribution is -0.144. The van der Waals surface area contributed by atoms with Crippen LogP contribution < -0.4 is 5.32 Å². The van der Waals surface area contributed by atoms with E-state index in [4.69, 9.17) is 0 Å². The molecule has 1 aliphatic rings. The first-order valence-corrected chi connectivity index (χ1v) is 8.88. The Bertz CT molecular complexity index is 635. The van der Waals surface area contributed by atoms with E-state index in [9.17, 15) is 19.5 Å². The van der Waals surface area contributed by atoms with Gasteiger partial charge in [-0.3, -0.25) is 14.9 Å². The number of carboxylic acids is 1. The lowest BCUT2D eigenvalue weighted by Gasteiger charge is -2.34. The molecule has 1 aromatic rings. The van der Waals surface area contributed by atoms with E-state index in [1.807, 2.05) is 6.92 Å². The average Bonchev–Trinajstić information content (AvgIpc) is 3.01. The van der Waals surface area contributed by atoms with Crippen molar-refractivity contribution in [2.75, 3.05) is 25.5 Å². The number of nitrogens with one attached hydrogen (secondary N) is 1. The number of aliphatic carboxylic acids is 1. The van der Waals surface area contributed by atoms with Gasteiger partial charge in [0.15, 0.2) is 0 Å². The monoisotopic (exact) mass is 370 g/mol. The van der Waals surface area contributed by atoms with Crippen LogP contribution in [0.5, 0.6) is 0 Å². The molecule has 9 nitrogen and oxygen atoms in total. The zero-order valence-electron chi connectivity index (χ0n) is 14.2. The summed E-state index contributed by atoms with van der Waals surface area (Å²) in [6, 6.07) is -0.366. The van der Waals surface area contributed by atoms with Gasteiger partial charge >= 0.3 is 18.0 Å². The Morgan fingerprint density at radius 3 is 2.80 bits per heavy atom. The second-order valence-electron chi connectivity index (χ2n) is 6.14. The van der Waals surface area contributed by atoms with Crippen LogP contribution in [0, 0.1) is 11.8 Å². The number of nitrogens with zero attached hydrogens (tertiary/aromatic N) is 3. The first-order chi connectivity index (χ1) is 11.9. The summed E-state index contributed by atoms with van der Waals surface area (Å²) in [5.41, 5.74) is 0. The molecule has 138 valence electrons. The van der Waals surface area contributed by atoms with Gasteiger partial charge in [0.2, 0.25) is 5.13 Å². The van der Waals surface area contributed by atoms with Crippen LogP contribution >= 0.6 is 11.3 Å². The summed E-state index contributed by atoms with van der Waals surface area (Å²) in [6.45, 7) is 2.64. The van der Waals surface area contributed by atoms with Crippen molar-refractivity contribution >= 4 is 34.4 Å². The van der Waals surface area contributed by atoms with Crippen LogP contribution in [0.25, 0.3) is 0 Å². The summed E-state index contributed by atoms with van der Waals surface area (Å²) in [7, 11) is 1.34. The number of hydrogen-bond donors (Lipinski definition) is 2. The van der Waals surface area contributed by atoms with Crippen molar-refractivity contribution in [1.82, 2.24) is 15.1 Å². The molecule has 1 aliphatic heterocycles. The van der Waals surface area contributed by atoms with E-state index in [1.54, 1.807) is 0 Å². The van der Waals surface area contributed by atoms with Crippen LogP contribution in [0.3, 0.4) is 0 Å². The lowest BCUT2D eigenvalue weighted by Crippen LogP contribution is -2.47. The van der Waals surface area contributed by atoms with Gasteiger partial charge in [-0.15, -0.1) is 10.2 Å². The second-order valence-corrected chi connectivity index (χ2v) is 7.20. The second kappa shape index (κ2) is 8.75. The number of likely N-dealkylation sites (tertiary alicyclic amines) is 1. The molecule has 2 amide bonds. The molecule has 2 unspecified atom stereocenters. The third-order valence-electron chi connectivity index (χ3n) is 3.98. The van der Waals surface area contributed by atoms with Gasteiger partial charge in [-0.1, -0.05) is 18.3 Å². The number of urea groups is 1. The zero-order valence-corrected chi connectivity index (χ0v) is 15.0. The summed E-state index contributed by atoms with van der Waals surface area (Å²) in [5, 5.41) is 20.8. The van der Waals surface area contributed by atoms with Crippen molar-refractivity contribution < 1.29 is 24.2 Å². The molecule has 1 saturated heterocycles. The van der Waals surface area contributed by atoms with E-state index in [0.29, 0.717) is 37.4 Å². The van der Waals surface area contributed by atoms with Crippen LogP contribution in [0.1, 0.15) is 31.2 Å². The number of anilines is 1. The van der Waals surface area contributed by atoms with Gasteiger partial charge in [0, 0.05) is 25.9 Å². The first kappa shape index (κ1) is 19.1. The van der Waals surface area contributed by atoms with Crippen molar-refractivity contribution in [3.8, 4) is 0 Å². The van der Waals surface area contributed by atoms with E-state index < -0.39 is 11.9 Å². The highest BCUT2D eigenvalue weighted by Gasteiger charge is 2.32. The predicted octanol–water partition coefficient (Wildman–Crippen LogP) is 1.61.